The maximum atomic E-state index is 4.45. The van der Waals surface area contributed by atoms with E-state index in [9.17, 15) is 0 Å². The van der Waals surface area contributed by atoms with E-state index in [2.05, 4.69) is 55.8 Å². The highest BCUT2D eigenvalue weighted by Crippen LogP contribution is 2.23. The average molecular weight is 313 g/mol. The van der Waals surface area contributed by atoms with E-state index in [1.54, 1.807) is 0 Å². The van der Waals surface area contributed by atoms with Crippen LogP contribution in [-0.2, 0) is 0 Å². The predicted octanol–water partition coefficient (Wildman–Crippen LogP) is 1.53. The third-order valence-electron chi connectivity index (χ3n) is 3.27. The van der Waals surface area contributed by atoms with Crippen molar-refractivity contribution in [3.05, 3.63) is 22.8 Å². The molecule has 1 fully saturated rings. The number of halogens is 1. The highest BCUT2D eigenvalue weighted by Gasteiger charge is 2.19. The number of rotatable bonds is 4. The fourth-order valence-electron chi connectivity index (χ4n) is 2.13. The summed E-state index contributed by atoms with van der Waals surface area (Å²) < 4.78 is 1.09. The van der Waals surface area contributed by atoms with Gasteiger partial charge < -0.3 is 9.80 Å². The highest BCUT2D eigenvalue weighted by atomic mass is 79.9. The second-order valence-corrected chi connectivity index (χ2v) is 5.80. The Kier molecular flexibility index (Phi) is 4.97. The molecule has 100 valence electrons. The Labute approximate surface area is 118 Å². The second-order valence-electron chi connectivity index (χ2n) is 4.94. The lowest BCUT2D eigenvalue weighted by Crippen LogP contribution is -2.48. The van der Waals surface area contributed by atoms with Crippen molar-refractivity contribution in [1.82, 2.24) is 14.8 Å². The Hall–Kier alpha value is -0.650. The standard InChI is InChI=1S/C13H21BrN4/c1-16(2)6-7-17-8-10-18(11-9-17)13-12(14)4-3-5-15-13/h3-5H,6-11H2,1-2H3. The van der Waals surface area contributed by atoms with Crippen LogP contribution in [0.4, 0.5) is 5.82 Å². The van der Waals surface area contributed by atoms with Gasteiger partial charge in [0.05, 0.1) is 4.47 Å². The van der Waals surface area contributed by atoms with E-state index in [0.717, 1.165) is 49.6 Å². The molecule has 5 heteroatoms. The van der Waals surface area contributed by atoms with Crippen LogP contribution in [0.3, 0.4) is 0 Å². The van der Waals surface area contributed by atoms with Crippen LogP contribution in [0.25, 0.3) is 0 Å². The van der Waals surface area contributed by atoms with Gasteiger partial charge in [-0.25, -0.2) is 4.98 Å². The number of likely N-dealkylation sites (N-methyl/N-ethyl adjacent to an activating group) is 1. The largest absolute Gasteiger partial charge is 0.353 e. The second kappa shape index (κ2) is 6.50. The summed E-state index contributed by atoms with van der Waals surface area (Å²) in [6.07, 6.45) is 1.86. The molecule has 0 unspecified atom stereocenters. The molecule has 2 heterocycles. The number of hydrogen-bond acceptors (Lipinski definition) is 4. The Morgan fingerprint density at radius 2 is 2.00 bits per heavy atom. The summed E-state index contributed by atoms with van der Waals surface area (Å²) in [6.45, 7) is 6.65. The lowest BCUT2D eigenvalue weighted by molar-refractivity contribution is 0.229. The Balaban J connectivity index is 1.85. The first kappa shape index (κ1) is 13.8. The summed E-state index contributed by atoms with van der Waals surface area (Å²) in [5.74, 6) is 1.07. The molecule has 2 rings (SSSR count). The van der Waals surface area contributed by atoms with E-state index in [4.69, 9.17) is 0 Å². The van der Waals surface area contributed by atoms with Crippen LogP contribution in [0, 0.1) is 0 Å². The van der Waals surface area contributed by atoms with E-state index in [1.165, 1.54) is 0 Å². The molecule has 0 aliphatic carbocycles. The quantitative estimate of drug-likeness (QED) is 0.841. The number of pyridine rings is 1. The summed E-state index contributed by atoms with van der Waals surface area (Å²) in [6, 6.07) is 4.02. The van der Waals surface area contributed by atoms with Crippen LogP contribution in [0.1, 0.15) is 0 Å². The molecule has 1 aromatic rings. The van der Waals surface area contributed by atoms with E-state index in [1.807, 2.05) is 12.3 Å². The van der Waals surface area contributed by atoms with Crippen molar-refractivity contribution in [3.8, 4) is 0 Å². The van der Waals surface area contributed by atoms with Crippen molar-refractivity contribution in [1.29, 1.82) is 0 Å². The minimum absolute atomic E-state index is 1.06. The lowest BCUT2D eigenvalue weighted by Gasteiger charge is -2.36. The summed E-state index contributed by atoms with van der Waals surface area (Å²) in [5, 5.41) is 0. The van der Waals surface area contributed by atoms with Crippen molar-refractivity contribution >= 4 is 21.7 Å². The normalized spacial score (nSPS) is 17.4. The first-order valence-electron chi connectivity index (χ1n) is 6.39. The molecule has 0 spiro atoms. The molecule has 1 aliphatic heterocycles. The van der Waals surface area contributed by atoms with Gasteiger partial charge in [-0.15, -0.1) is 0 Å². The molecule has 0 amide bonds. The molecular weight excluding hydrogens is 292 g/mol. The average Bonchev–Trinajstić information content (AvgIpc) is 2.38. The third-order valence-corrected chi connectivity index (χ3v) is 3.89. The molecule has 4 nitrogen and oxygen atoms in total. The van der Waals surface area contributed by atoms with Gasteiger partial charge >= 0.3 is 0 Å². The monoisotopic (exact) mass is 312 g/mol. The van der Waals surface area contributed by atoms with Crippen molar-refractivity contribution in [2.45, 2.75) is 0 Å². The summed E-state index contributed by atoms with van der Waals surface area (Å²) >= 11 is 3.57. The van der Waals surface area contributed by atoms with E-state index in [-0.39, 0.29) is 0 Å². The Morgan fingerprint density at radius 1 is 1.28 bits per heavy atom. The van der Waals surface area contributed by atoms with E-state index in [0.29, 0.717) is 0 Å². The van der Waals surface area contributed by atoms with Crippen LogP contribution < -0.4 is 4.90 Å². The molecule has 0 saturated carbocycles. The summed E-state index contributed by atoms with van der Waals surface area (Å²) in [7, 11) is 4.25. The summed E-state index contributed by atoms with van der Waals surface area (Å²) in [4.78, 5) is 11.6. The number of nitrogens with zero attached hydrogens (tertiary/aromatic N) is 4. The van der Waals surface area contributed by atoms with Crippen molar-refractivity contribution in [3.63, 3.8) is 0 Å². The predicted molar refractivity (Wildman–Crippen MR) is 79.1 cm³/mol. The SMILES string of the molecule is CN(C)CCN1CCN(c2ncccc2Br)CC1. The first-order chi connectivity index (χ1) is 8.66. The van der Waals surface area contributed by atoms with Gasteiger partial charge in [0.2, 0.25) is 0 Å². The van der Waals surface area contributed by atoms with Crippen LogP contribution in [0.2, 0.25) is 0 Å². The van der Waals surface area contributed by atoms with Gasteiger partial charge in [-0.2, -0.15) is 0 Å². The fourth-order valence-corrected chi connectivity index (χ4v) is 2.64. The van der Waals surface area contributed by atoms with Crippen LogP contribution in [0.15, 0.2) is 22.8 Å². The molecule has 0 radical (unpaired) electrons. The number of piperazine rings is 1. The maximum absolute atomic E-state index is 4.45. The lowest BCUT2D eigenvalue weighted by atomic mass is 10.3. The van der Waals surface area contributed by atoms with Crippen molar-refractivity contribution in [2.75, 3.05) is 58.3 Å². The molecule has 1 aliphatic rings. The minimum Gasteiger partial charge on any atom is -0.353 e. The van der Waals surface area contributed by atoms with Crippen LogP contribution >= 0.6 is 15.9 Å². The molecule has 1 aromatic heterocycles. The van der Waals surface area contributed by atoms with Crippen molar-refractivity contribution < 1.29 is 0 Å². The van der Waals surface area contributed by atoms with Gasteiger partial charge in [0.1, 0.15) is 5.82 Å². The number of hydrogen-bond donors (Lipinski definition) is 0. The number of aromatic nitrogens is 1. The molecule has 0 atom stereocenters. The smallest absolute Gasteiger partial charge is 0.142 e. The van der Waals surface area contributed by atoms with Crippen molar-refractivity contribution in [2.24, 2.45) is 0 Å². The molecule has 18 heavy (non-hydrogen) atoms. The van der Waals surface area contributed by atoms with Gasteiger partial charge in [0, 0.05) is 45.5 Å². The molecule has 1 saturated heterocycles. The van der Waals surface area contributed by atoms with Gasteiger partial charge in [-0.3, -0.25) is 4.90 Å². The van der Waals surface area contributed by atoms with Gasteiger partial charge in [0.15, 0.2) is 0 Å². The van der Waals surface area contributed by atoms with Crippen LogP contribution in [-0.4, -0.2) is 68.1 Å². The minimum atomic E-state index is 1.06. The fraction of sp³-hybridized carbons (Fsp3) is 0.615. The van der Waals surface area contributed by atoms with Crippen LogP contribution in [0.5, 0.6) is 0 Å². The molecule has 0 aromatic carbocycles. The first-order valence-corrected chi connectivity index (χ1v) is 7.18. The zero-order chi connectivity index (χ0) is 13.0. The topological polar surface area (TPSA) is 22.6 Å². The Morgan fingerprint density at radius 3 is 2.61 bits per heavy atom. The molecule has 0 N–H and O–H groups in total. The highest BCUT2D eigenvalue weighted by molar-refractivity contribution is 9.10. The number of anilines is 1. The van der Waals surface area contributed by atoms with E-state index < -0.39 is 0 Å². The zero-order valence-electron chi connectivity index (χ0n) is 11.1. The zero-order valence-corrected chi connectivity index (χ0v) is 12.7. The van der Waals surface area contributed by atoms with Gasteiger partial charge in [-0.05, 0) is 42.2 Å². The molecule has 0 bridgehead atoms. The summed E-state index contributed by atoms with van der Waals surface area (Å²) in [5.41, 5.74) is 0. The van der Waals surface area contributed by atoms with E-state index >= 15 is 0 Å². The third kappa shape index (κ3) is 3.67. The van der Waals surface area contributed by atoms with Gasteiger partial charge in [-0.1, -0.05) is 0 Å². The Bertz CT molecular complexity index is 375. The molecular formula is C13H21BrN4. The maximum Gasteiger partial charge on any atom is 0.142 e. The van der Waals surface area contributed by atoms with Gasteiger partial charge in [0.25, 0.3) is 0 Å².